The lowest BCUT2D eigenvalue weighted by Gasteiger charge is -2.15. The topological polar surface area (TPSA) is 105 Å². The van der Waals surface area contributed by atoms with E-state index in [1.807, 2.05) is 32.3 Å². The zero-order chi connectivity index (χ0) is 27.4. The van der Waals surface area contributed by atoms with Gasteiger partial charge >= 0.3 is 0 Å². The van der Waals surface area contributed by atoms with Crippen LogP contribution < -0.4 is 14.4 Å². The Morgan fingerprint density at radius 2 is 1.95 bits per heavy atom. The van der Waals surface area contributed by atoms with Crippen LogP contribution in [0.4, 0.5) is 11.4 Å². The number of likely N-dealkylation sites (N-methyl/N-ethyl adjacent to an activating group) is 1. The number of ether oxygens (including phenoxy) is 1. The summed E-state index contributed by atoms with van der Waals surface area (Å²) < 4.78 is 35.0. The van der Waals surface area contributed by atoms with Gasteiger partial charge in [0, 0.05) is 36.3 Å². The molecule has 1 amide bonds. The maximum Gasteiger partial charge on any atom is 0.271 e. The van der Waals surface area contributed by atoms with E-state index in [1.165, 1.54) is 0 Å². The Balaban J connectivity index is 1.40. The maximum atomic E-state index is 13.1. The first-order valence-corrected chi connectivity index (χ1v) is 15.1. The zero-order valence-corrected chi connectivity index (χ0v) is 23.6. The average Bonchev–Trinajstić information content (AvgIpc) is 3.44. The van der Waals surface area contributed by atoms with Crippen LogP contribution in [-0.4, -0.2) is 63.5 Å². The minimum Gasteiger partial charge on any atom is -0.476 e. The number of nitrogens with one attached hydrogen (secondary N) is 1. The minimum atomic E-state index is -3.81. The Bertz CT molecular complexity index is 1680. The fourth-order valence-corrected chi connectivity index (χ4v) is 7.25. The summed E-state index contributed by atoms with van der Waals surface area (Å²) in [6.07, 6.45) is 5.91. The van der Waals surface area contributed by atoms with E-state index in [-0.39, 0.29) is 21.7 Å². The Kier molecular flexibility index (Phi) is 6.32. The van der Waals surface area contributed by atoms with Crippen molar-refractivity contribution in [2.75, 3.05) is 43.9 Å². The lowest BCUT2D eigenvalue weighted by atomic mass is 9.92. The summed E-state index contributed by atoms with van der Waals surface area (Å²) in [5.41, 5.74) is 4.10. The number of sulfonamides is 1. The highest BCUT2D eigenvalue weighted by atomic mass is 32.2. The van der Waals surface area contributed by atoms with Crippen LogP contribution in [0.15, 0.2) is 58.4 Å². The van der Waals surface area contributed by atoms with Crippen molar-refractivity contribution in [2.45, 2.75) is 28.9 Å². The number of pyridine rings is 2. The molecule has 3 aromatic heterocycles. The van der Waals surface area contributed by atoms with Gasteiger partial charge < -0.3 is 14.5 Å². The summed E-state index contributed by atoms with van der Waals surface area (Å²) in [6, 6.07) is 10.9. The summed E-state index contributed by atoms with van der Waals surface area (Å²) in [7, 11) is 1.97. The van der Waals surface area contributed by atoms with Crippen molar-refractivity contribution >= 4 is 49.5 Å². The van der Waals surface area contributed by atoms with Gasteiger partial charge in [-0.05, 0) is 68.6 Å². The van der Waals surface area contributed by atoms with Crippen LogP contribution in [0.3, 0.4) is 0 Å². The molecular formula is C28H29N5O4S2. The molecule has 1 aliphatic heterocycles. The van der Waals surface area contributed by atoms with E-state index in [4.69, 9.17) is 4.74 Å². The van der Waals surface area contributed by atoms with Crippen LogP contribution >= 0.6 is 11.3 Å². The molecule has 0 saturated heterocycles. The van der Waals surface area contributed by atoms with Crippen LogP contribution in [0.2, 0.25) is 0 Å². The standard InChI is InChI=1S/C28H29N5O4S2/c1-32(2)11-5-12-37-26-22(31-39(35,36)24-6-4-13-38-24)15-19(16-30-26)18-7-8-21-20(14-18)25-23(17-29-21)33(3)27(34)28(25)9-10-28/h4,6-8,13-17,31H,5,9-12H2,1-3H3. The summed E-state index contributed by atoms with van der Waals surface area (Å²) in [5.74, 6) is 0.352. The number of nitrogens with zero attached hydrogens (tertiary/aromatic N) is 4. The van der Waals surface area contributed by atoms with Gasteiger partial charge in [0.2, 0.25) is 11.8 Å². The van der Waals surface area contributed by atoms with Crippen LogP contribution in [0.1, 0.15) is 24.8 Å². The van der Waals surface area contributed by atoms with Crippen molar-refractivity contribution in [1.82, 2.24) is 14.9 Å². The van der Waals surface area contributed by atoms with Gasteiger partial charge in [0.1, 0.15) is 9.90 Å². The fourth-order valence-electron chi connectivity index (χ4n) is 5.20. The number of hydrogen-bond donors (Lipinski definition) is 1. The normalized spacial score (nSPS) is 15.8. The van der Waals surface area contributed by atoms with Crippen molar-refractivity contribution in [3.05, 3.63) is 59.7 Å². The summed E-state index contributed by atoms with van der Waals surface area (Å²) in [5, 5.41) is 2.66. The van der Waals surface area contributed by atoms with Gasteiger partial charge in [-0.3, -0.25) is 14.5 Å². The van der Waals surface area contributed by atoms with Crippen LogP contribution in [0.25, 0.3) is 22.0 Å². The van der Waals surface area contributed by atoms with E-state index in [1.54, 1.807) is 47.9 Å². The second kappa shape index (κ2) is 9.58. The Morgan fingerprint density at radius 1 is 1.13 bits per heavy atom. The quantitative estimate of drug-likeness (QED) is 0.299. The van der Waals surface area contributed by atoms with Crippen molar-refractivity contribution < 1.29 is 17.9 Å². The minimum absolute atomic E-state index is 0.125. The van der Waals surface area contributed by atoms with Crippen molar-refractivity contribution in [3.63, 3.8) is 0 Å². The van der Waals surface area contributed by atoms with Gasteiger partial charge in [-0.25, -0.2) is 13.4 Å². The van der Waals surface area contributed by atoms with E-state index < -0.39 is 15.4 Å². The molecule has 1 spiro atoms. The number of benzene rings is 1. The molecule has 1 N–H and O–H groups in total. The highest BCUT2D eigenvalue weighted by Gasteiger charge is 2.59. The monoisotopic (exact) mass is 563 g/mol. The molecule has 1 fully saturated rings. The second-order valence-corrected chi connectivity index (χ2v) is 13.2. The second-order valence-electron chi connectivity index (χ2n) is 10.3. The van der Waals surface area contributed by atoms with Gasteiger partial charge in [0.25, 0.3) is 10.0 Å². The van der Waals surface area contributed by atoms with E-state index in [0.717, 1.165) is 70.4 Å². The fraction of sp³-hybridized carbons (Fsp3) is 0.321. The molecule has 1 saturated carbocycles. The van der Waals surface area contributed by atoms with Crippen molar-refractivity contribution in [3.8, 4) is 17.0 Å². The molecule has 0 atom stereocenters. The number of amides is 1. The summed E-state index contributed by atoms with van der Waals surface area (Å²) in [6.45, 7) is 1.23. The maximum absolute atomic E-state index is 13.1. The molecule has 0 unspecified atom stereocenters. The molecule has 0 bridgehead atoms. The Labute approximate surface area is 231 Å². The first-order chi connectivity index (χ1) is 18.7. The number of anilines is 2. The lowest BCUT2D eigenvalue weighted by Crippen LogP contribution is -2.28. The number of carbonyl (C=O) groups excluding carboxylic acids is 1. The van der Waals surface area contributed by atoms with Crippen LogP contribution in [0, 0.1) is 0 Å². The highest BCUT2D eigenvalue weighted by Crippen LogP contribution is 2.58. The molecule has 4 heterocycles. The molecule has 1 aromatic carbocycles. The van der Waals surface area contributed by atoms with E-state index in [9.17, 15) is 13.2 Å². The molecule has 6 rings (SSSR count). The first kappa shape index (κ1) is 25.7. The molecule has 1 aliphatic carbocycles. The third kappa shape index (κ3) is 4.54. The molecule has 11 heteroatoms. The number of carbonyl (C=O) groups is 1. The number of aromatic nitrogens is 2. The van der Waals surface area contributed by atoms with Gasteiger partial charge in [-0.2, -0.15) is 0 Å². The third-order valence-electron chi connectivity index (χ3n) is 7.33. The Morgan fingerprint density at radius 3 is 2.67 bits per heavy atom. The van der Waals surface area contributed by atoms with E-state index in [2.05, 4.69) is 19.6 Å². The number of rotatable bonds is 9. The van der Waals surface area contributed by atoms with E-state index in [0.29, 0.717) is 6.61 Å². The molecular weight excluding hydrogens is 534 g/mol. The Hall–Kier alpha value is -3.54. The van der Waals surface area contributed by atoms with Crippen molar-refractivity contribution in [1.29, 1.82) is 0 Å². The van der Waals surface area contributed by atoms with E-state index >= 15 is 0 Å². The summed E-state index contributed by atoms with van der Waals surface area (Å²) in [4.78, 5) is 25.9. The summed E-state index contributed by atoms with van der Waals surface area (Å²) >= 11 is 1.14. The van der Waals surface area contributed by atoms with Gasteiger partial charge in [-0.1, -0.05) is 12.1 Å². The molecule has 0 radical (unpaired) electrons. The number of thiophene rings is 1. The average molecular weight is 564 g/mol. The van der Waals surface area contributed by atoms with Crippen LogP contribution in [-0.2, 0) is 20.2 Å². The number of fused-ring (bicyclic) bond motifs is 4. The highest BCUT2D eigenvalue weighted by molar-refractivity contribution is 7.94. The molecule has 9 nitrogen and oxygen atoms in total. The predicted molar refractivity (Wildman–Crippen MR) is 153 cm³/mol. The molecule has 39 heavy (non-hydrogen) atoms. The molecule has 2 aliphatic rings. The smallest absolute Gasteiger partial charge is 0.271 e. The first-order valence-electron chi connectivity index (χ1n) is 12.8. The third-order valence-corrected chi connectivity index (χ3v) is 10.1. The predicted octanol–water partition coefficient (Wildman–Crippen LogP) is 4.50. The number of hydrogen-bond acceptors (Lipinski definition) is 8. The van der Waals surface area contributed by atoms with Gasteiger partial charge in [0.05, 0.1) is 29.4 Å². The lowest BCUT2D eigenvalue weighted by molar-refractivity contribution is -0.119. The van der Waals surface area contributed by atoms with Gasteiger partial charge in [-0.15, -0.1) is 11.3 Å². The van der Waals surface area contributed by atoms with Gasteiger partial charge in [0.15, 0.2) is 0 Å². The molecule has 4 aromatic rings. The zero-order valence-electron chi connectivity index (χ0n) is 22.0. The largest absolute Gasteiger partial charge is 0.476 e. The van der Waals surface area contributed by atoms with Crippen LogP contribution in [0.5, 0.6) is 5.88 Å². The van der Waals surface area contributed by atoms with Crippen molar-refractivity contribution in [2.24, 2.45) is 0 Å². The molecule has 202 valence electrons. The SMILES string of the molecule is CN(C)CCCOc1ncc(-c2ccc3ncc4c(c3c2)C2(CC2)C(=O)N4C)cc1NS(=O)(=O)c1cccs1.